The summed E-state index contributed by atoms with van der Waals surface area (Å²) in [6, 6.07) is 3.69. The Morgan fingerprint density at radius 2 is 2.15 bits per heavy atom. The van der Waals surface area contributed by atoms with Crippen molar-refractivity contribution in [2.45, 2.75) is 51.7 Å². The molecule has 3 atom stereocenters. The minimum Gasteiger partial charge on any atom is -0.448 e. The summed E-state index contributed by atoms with van der Waals surface area (Å²) >= 11 is 1.31. The number of amides is 1. The summed E-state index contributed by atoms with van der Waals surface area (Å²) in [4.78, 5) is 24.4. The number of esters is 1. The molecule has 1 N–H and O–H groups in total. The van der Waals surface area contributed by atoms with E-state index in [-0.39, 0.29) is 11.9 Å². The van der Waals surface area contributed by atoms with Crippen LogP contribution in [0.5, 0.6) is 0 Å². The van der Waals surface area contributed by atoms with Gasteiger partial charge in [-0.1, -0.05) is 25.8 Å². The molecule has 4 nitrogen and oxygen atoms in total. The first-order valence-electron chi connectivity index (χ1n) is 7.13. The molecule has 0 aromatic carbocycles. The number of hydrogen-bond acceptors (Lipinski definition) is 4. The summed E-state index contributed by atoms with van der Waals surface area (Å²) in [5.74, 6) is -0.138. The lowest BCUT2D eigenvalue weighted by atomic mass is 9.86. The second kappa shape index (κ2) is 6.88. The van der Waals surface area contributed by atoms with E-state index in [4.69, 9.17) is 4.74 Å². The van der Waals surface area contributed by atoms with Crippen LogP contribution >= 0.6 is 11.3 Å². The lowest BCUT2D eigenvalue weighted by molar-refractivity contribution is -0.130. The van der Waals surface area contributed by atoms with Gasteiger partial charge in [0.25, 0.3) is 5.91 Å². The molecule has 5 heteroatoms. The number of nitrogens with one attached hydrogen (secondary N) is 1. The highest BCUT2D eigenvalue weighted by atomic mass is 32.1. The third kappa shape index (κ3) is 3.82. The number of rotatable bonds is 4. The number of hydrogen-bond donors (Lipinski definition) is 1. The summed E-state index contributed by atoms with van der Waals surface area (Å²) in [5, 5.41) is 4.82. The average molecular weight is 295 g/mol. The van der Waals surface area contributed by atoms with Crippen LogP contribution in [-0.2, 0) is 9.53 Å². The number of thiophene rings is 1. The molecule has 1 heterocycles. The Hall–Kier alpha value is -1.36. The molecular formula is C15H21NO3S. The van der Waals surface area contributed by atoms with Crippen LogP contribution in [0.2, 0.25) is 0 Å². The van der Waals surface area contributed by atoms with Crippen LogP contribution in [-0.4, -0.2) is 24.0 Å². The molecule has 1 amide bonds. The maximum Gasteiger partial charge on any atom is 0.349 e. The lowest BCUT2D eigenvalue weighted by Gasteiger charge is -2.30. The highest BCUT2D eigenvalue weighted by Crippen LogP contribution is 2.23. The highest BCUT2D eigenvalue weighted by Gasteiger charge is 2.26. The van der Waals surface area contributed by atoms with Gasteiger partial charge in [0.2, 0.25) is 0 Å². The third-order valence-corrected chi connectivity index (χ3v) is 4.66. The van der Waals surface area contributed by atoms with Gasteiger partial charge >= 0.3 is 5.97 Å². The van der Waals surface area contributed by atoms with Crippen molar-refractivity contribution in [1.82, 2.24) is 5.32 Å². The van der Waals surface area contributed by atoms with Crippen LogP contribution in [0.15, 0.2) is 17.5 Å². The maximum absolute atomic E-state index is 12.1. The van der Waals surface area contributed by atoms with Gasteiger partial charge < -0.3 is 10.1 Å². The van der Waals surface area contributed by atoms with Crippen LogP contribution in [0.25, 0.3) is 0 Å². The first kappa shape index (κ1) is 15.0. The standard InChI is InChI=1S/C15H21NO3S/c1-10-6-3-4-7-12(10)16-14(17)11(2)19-15(18)13-8-5-9-20-13/h5,8-12H,3-4,6-7H2,1-2H3,(H,16,17)/t10-,11+,12+/m0/s1. The molecule has 20 heavy (non-hydrogen) atoms. The molecule has 0 radical (unpaired) electrons. The van der Waals surface area contributed by atoms with Gasteiger partial charge in [0, 0.05) is 6.04 Å². The lowest BCUT2D eigenvalue weighted by Crippen LogP contribution is -2.45. The van der Waals surface area contributed by atoms with Crippen LogP contribution in [0.4, 0.5) is 0 Å². The summed E-state index contributed by atoms with van der Waals surface area (Å²) in [5.41, 5.74) is 0. The van der Waals surface area contributed by atoms with Gasteiger partial charge in [0.05, 0.1) is 0 Å². The maximum atomic E-state index is 12.1. The molecule has 1 aliphatic rings. The van der Waals surface area contributed by atoms with E-state index in [0.717, 1.165) is 19.3 Å². The fourth-order valence-electron chi connectivity index (χ4n) is 2.50. The zero-order valence-corrected chi connectivity index (χ0v) is 12.7. The SMILES string of the molecule is C[C@@H](OC(=O)c1cccs1)C(=O)N[C@@H]1CCCC[C@@H]1C. The van der Waals surface area contributed by atoms with Crippen molar-refractivity contribution in [2.75, 3.05) is 0 Å². The Morgan fingerprint density at radius 1 is 1.40 bits per heavy atom. The minimum atomic E-state index is -0.751. The molecule has 1 saturated carbocycles. The molecule has 0 aliphatic heterocycles. The van der Waals surface area contributed by atoms with E-state index >= 15 is 0 Å². The Bertz CT molecular complexity index is 458. The third-order valence-electron chi connectivity index (χ3n) is 3.81. The van der Waals surface area contributed by atoms with E-state index in [1.54, 1.807) is 19.1 Å². The van der Waals surface area contributed by atoms with Crippen molar-refractivity contribution in [3.63, 3.8) is 0 Å². The van der Waals surface area contributed by atoms with Crippen molar-refractivity contribution >= 4 is 23.2 Å². The molecular weight excluding hydrogens is 274 g/mol. The summed E-state index contributed by atoms with van der Waals surface area (Å²) in [6.45, 7) is 3.78. The van der Waals surface area contributed by atoms with Gasteiger partial charge in [0.1, 0.15) is 4.88 Å². The van der Waals surface area contributed by atoms with Gasteiger partial charge in [0.15, 0.2) is 6.10 Å². The number of carbonyl (C=O) groups excluding carboxylic acids is 2. The summed E-state index contributed by atoms with van der Waals surface area (Å²) in [7, 11) is 0. The molecule has 0 unspecified atom stereocenters. The Balaban J connectivity index is 1.84. The molecule has 1 aromatic rings. The zero-order valence-electron chi connectivity index (χ0n) is 11.9. The quantitative estimate of drug-likeness (QED) is 0.869. The van der Waals surface area contributed by atoms with Crippen molar-refractivity contribution in [1.29, 1.82) is 0 Å². The zero-order chi connectivity index (χ0) is 14.5. The van der Waals surface area contributed by atoms with Gasteiger partial charge in [-0.2, -0.15) is 0 Å². The Morgan fingerprint density at radius 3 is 2.80 bits per heavy atom. The number of carbonyl (C=O) groups is 2. The molecule has 1 aromatic heterocycles. The molecule has 0 spiro atoms. The Kier molecular flexibility index (Phi) is 5.17. The normalized spacial score (nSPS) is 23.9. The van der Waals surface area contributed by atoms with E-state index in [0.29, 0.717) is 10.8 Å². The largest absolute Gasteiger partial charge is 0.448 e. The van der Waals surface area contributed by atoms with E-state index < -0.39 is 12.1 Å². The van der Waals surface area contributed by atoms with Gasteiger partial charge in [-0.3, -0.25) is 4.79 Å². The molecule has 0 saturated heterocycles. The predicted molar refractivity (Wildman–Crippen MR) is 78.8 cm³/mol. The van der Waals surface area contributed by atoms with E-state index in [1.807, 2.05) is 5.38 Å². The van der Waals surface area contributed by atoms with Gasteiger partial charge in [-0.25, -0.2) is 4.79 Å². The minimum absolute atomic E-state index is 0.200. The first-order chi connectivity index (χ1) is 9.58. The molecule has 1 aliphatic carbocycles. The number of ether oxygens (including phenoxy) is 1. The average Bonchev–Trinajstić information content (AvgIpc) is 2.95. The first-order valence-corrected chi connectivity index (χ1v) is 8.00. The van der Waals surface area contributed by atoms with Crippen molar-refractivity contribution < 1.29 is 14.3 Å². The molecule has 110 valence electrons. The molecule has 1 fully saturated rings. The van der Waals surface area contributed by atoms with Crippen molar-refractivity contribution in [2.24, 2.45) is 5.92 Å². The smallest absolute Gasteiger partial charge is 0.349 e. The Labute approximate surface area is 123 Å². The van der Waals surface area contributed by atoms with Crippen LogP contribution < -0.4 is 5.32 Å². The molecule has 2 rings (SSSR count). The topological polar surface area (TPSA) is 55.4 Å². The second-order valence-electron chi connectivity index (χ2n) is 5.40. The fraction of sp³-hybridized carbons (Fsp3) is 0.600. The fourth-order valence-corrected chi connectivity index (χ4v) is 3.10. The monoisotopic (exact) mass is 295 g/mol. The highest BCUT2D eigenvalue weighted by molar-refractivity contribution is 7.11. The van der Waals surface area contributed by atoms with Gasteiger partial charge in [-0.15, -0.1) is 11.3 Å². The van der Waals surface area contributed by atoms with E-state index in [2.05, 4.69) is 12.2 Å². The predicted octanol–water partition coefficient (Wildman–Crippen LogP) is 2.99. The van der Waals surface area contributed by atoms with Crippen LogP contribution in [0.1, 0.15) is 49.2 Å². The van der Waals surface area contributed by atoms with Crippen molar-refractivity contribution in [3.05, 3.63) is 22.4 Å². The van der Waals surface area contributed by atoms with Crippen LogP contribution in [0.3, 0.4) is 0 Å². The molecule has 0 bridgehead atoms. The van der Waals surface area contributed by atoms with Gasteiger partial charge in [-0.05, 0) is 37.1 Å². The van der Waals surface area contributed by atoms with E-state index in [1.165, 1.54) is 17.8 Å². The summed E-state index contributed by atoms with van der Waals surface area (Å²) in [6.07, 6.45) is 3.79. The van der Waals surface area contributed by atoms with E-state index in [9.17, 15) is 9.59 Å². The summed E-state index contributed by atoms with van der Waals surface area (Å²) < 4.78 is 5.19. The van der Waals surface area contributed by atoms with Crippen molar-refractivity contribution in [3.8, 4) is 0 Å². The second-order valence-corrected chi connectivity index (χ2v) is 6.35. The van der Waals surface area contributed by atoms with Crippen LogP contribution in [0, 0.1) is 5.92 Å².